The molecule has 1 aromatic rings. The standard InChI is InChI=1S/C16H27ClN2O2/c1-4-12-15(17)13(19(5-2)18-12)11-14(20)16(21-6-3)9-7-8-10-16/h14,20H,4-11H2,1-3H3. The minimum atomic E-state index is -0.524. The lowest BCUT2D eigenvalue weighted by atomic mass is 9.91. The van der Waals surface area contributed by atoms with Gasteiger partial charge in [-0.05, 0) is 33.1 Å². The quantitative estimate of drug-likeness (QED) is 0.839. The second kappa shape index (κ2) is 7.12. The number of aliphatic hydroxyl groups excluding tert-OH is 1. The molecular formula is C16H27ClN2O2. The molecule has 5 heteroatoms. The van der Waals surface area contributed by atoms with E-state index < -0.39 is 11.7 Å². The summed E-state index contributed by atoms with van der Waals surface area (Å²) in [5, 5.41) is 16.0. The Morgan fingerprint density at radius 3 is 2.52 bits per heavy atom. The molecule has 1 aliphatic carbocycles. The first-order valence-electron chi connectivity index (χ1n) is 8.14. The highest BCUT2D eigenvalue weighted by molar-refractivity contribution is 6.31. The van der Waals surface area contributed by atoms with E-state index in [-0.39, 0.29) is 0 Å². The Balaban J connectivity index is 2.22. The van der Waals surface area contributed by atoms with E-state index >= 15 is 0 Å². The average Bonchev–Trinajstić information content (AvgIpc) is 3.06. The molecule has 1 heterocycles. The van der Waals surface area contributed by atoms with Gasteiger partial charge in [0, 0.05) is 19.6 Å². The van der Waals surface area contributed by atoms with Crippen LogP contribution in [0.25, 0.3) is 0 Å². The Bertz CT molecular complexity index is 467. The van der Waals surface area contributed by atoms with Crippen LogP contribution in [0.4, 0.5) is 0 Å². The third-order valence-corrected chi connectivity index (χ3v) is 5.01. The third-order valence-electron chi connectivity index (χ3n) is 4.57. The van der Waals surface area contributed by atoms with E-state index in [1.807, 2.05) is 25.5 Å². The normalized spacial score (nSPS) is 19.1. The van der Waals surface area contributed by atoms with Crippen molar-refractivity contribution in [3.8, 4) is 0 Å². The number of aliphatic hydroxyl groups is 1. The Morgan fingerprint density at radius 1 is 1.33 bits per heavy atom. The molecule has 0 saturated heterocycles. The van der Waals surface area contributed by atoms with E-state index in [1.165, 1.54) is 0 Å². The number of aromatic nitrogens is 2. The van der Waals surface area contributed by atoms with Crippen LogP contribution in [0.15, 0.2) is 0 Å². The first-order valence-corrected chi connectivity index (χ1v) is 8.51. The highest BCUT2D eigenvalue weighted by atomic mass is 35.5. The fraction of sp³-hybridized carbons (Fsp3) is 0.812. The van der Waals surface area contributed by atoms with Gasteiger partial charge in [0.05, 0.1) is 28.1 Å². The summed E-state index contributed by atoms with van der Waals surface area (Å²) in [5.74, 6) is 0. The molecule has 1 saturated carbocycles. The molecule has 0 spiro atoms. The van der Waals surface area contributed by atoms with Crippen LogP contribution < -0.4 is 0 Å². The van der Waals surface area contributed by atoms with Gasteiger partial charge in [-0.3, -0.25) is 4.68 Å². The summed E-state index contributed by atoms with van der Waals surface area (Å²) in [6.45, 7) is 7.49. The van der Waals surface area contributed by atoms with E-state index in [2.05, 4.69) is 5.10 Å². The minimum absolute atomic E-state index is 0.396. The molecule has 4 nitrogen and oxygen atoms in total. The van der Waals surface area contributed by atoms with E-state index in [1.54, 1.807) is 0 Å². The van der Waals surface area contributed by atoms with E-state index in [0.717, 1.165) is 50.0 Å². The van der Waals surface area contributed by atoms with Gasteiger partial charge in [-0.2, -0.15) is 5.10 Å². The molecule has 1 atom stereocenters. The number of aryl methyl sites for hydroxylation is 2. The fourth-order valence-electron chi connectivity index (χ4n) is 3.42. The van der Waals surface area contributed by atoms with Crippen LogP contribution in [-0.4, -0.2) is 33.2 Å². The fourth-order valence-corrected chi connectivity index (χ4v) is 3.76. The van der Waals surface area contributed by atoms with Gasteiger partial charge < -0.3 is 9.84 Å². The Hall–Kier alpha value is -0.580. The van der Waals surface area contributed by atoms with Crippen LogP contribution >= 0.6 is 11.6 Å². The number of halogens is 1. The molecule has 120 valence electrons. The molecule has 1 fully saturated rings. The Kier molecular flexibility index (Phi) is 5.69. The largest absolute Gasteiger partial charge is 0.390 e. The second-order valence-corrected chi connectivity index (χ2v) is 6.18. The van der Waals surface area contributed by atoms with Crippen molar-refractivity contribution < 1.29 is 9.84 Å². The van der Waals surface area contributed by atoms with Gasteiger partial charge in [0.2, 0.25) is 0 Å². The molecule has 0 bridgehead atoms. The maximum absolute atomic E-state index is 10.8. The summed E-state index contributed by atoms with van der Waals surface area (Å²) < 4.78 is 7.86. The molecule has 1 N–H and O–H groups in total. The number of rotatable bonds is 7. The van der Waals surface area contributed by atoms with Crippen LogP contribution in [0, 0.1) is 0 Å². The average molecular weight is 315 g/mol. The summed E-state index contributed by atoms with van der Waals surface area (Å²) >= 11 is 6.45. The lowest BCUT2D eigenvalue weighted by Crippen LogP contribution is -2.44. The number of hydrogen-bond donors (Lipinski definition) is 1. The maximum atomic E-state index is 10.8. The van der Waals surface area contributed by atoms with E-state index in [4.69, 9.17) is 16.3 Å². The summed E-state index contributed by atoms with van der Waals surface area (Å²) in [6, 6.07) is 0. The van der Waals surface area contributed by atoms with Gasteiger partial charge in [0.25, 0.3) is 0 Å². The summed E-state index contributed by atoms with van der Waals surface area (Å²) in [7, 11) is 0. The molecule has 1 aliphatic rings. The van der Waals surface area contributed by atoms with Crippen LogP contribution in [0.3, 0.4) is 0 Å². The zero-order valence-electron chi connectivity index (χ0n) is 13.4. The van der Waals surface area contributed by atoms with Crippen molar-refractivity contribution in [2.45, 2.75) is 77.5 Å². The van der Waals surface area contributed by atoms with Crippen molar-refractivity contribution in [3.63, 3.8) is 0 Å². The highest BCUT2D eigenvalue weighted by Crippen LogP contribution is 2.38. The van der Waals surface area contributed by atoms with Crippen LogP contribution in [-0.2, 0) is 24.1 Å². The molecule has 0 radical (unpaired) electrons. The minimum Gasteiger partial charge on any atom is -0.390 e. The first-order chi connectivity index (χ1) is 10.1. The molecular weight excluding hydrogens is 288 g/mol. The van der Waals surface area contributed by atoms with Crippen molar-refractivity contribution in [2.24, 2.45) is 0 Å². The van der Waals surface area contributed by atoms with Gasteiger partial charge >= 0.3 is 0 Å². The summed E-state index contributed by atoms with van der Waals surface area (Å²) in [5.41, 5.74) is 1.46. The van der Waals surface area contributed by atoms with Crippen molar-refractivity contribution in [1.82, 2.24) is 9.78 Å². The Labute approximate surface area is 132 Å². The van der Waals surface area contributed by atoms with Crippen molar-refractivity contribution >= 4 is 11.6 Å². The van der Waals surface area contributed by atoms with E-state index in [0.29, 0.717) is 18.1 Å². The zero-order chi connectivity index (χ0) is 15.5. The smallest absolute Gasteiger partial charge is 0.0943 e. The SMILES string of the molecule is CCOC1(C(O)Cc2c(Cl)c(CC)nn2CC)CCCC1. The predicted molar refractivity (Wildman–Crippen MR) is 84.8 cm³/mol. The van der Waals surface area contributed by atoms with Gasteiger partial charge in [-0.1, -0.05) is 31.4 Å². The highest BCUT2D eigenvalue weighted by Gasteiger charge is 2.42. The van der Waals surface area contributed by atoms with Crippen LogP contribution in [0.5, 0.6) is 0 Å². The number of hydrogen-bond acceptors (Lipinski definition) is 3. The topological polar surface area (TPSA) is 47.3 Å². The summed E-state index contributed by atoms with van der Waals surface area (Å²) in [6.07, 6.45) is 4.91. The van der Waals surface area contributed by atoms with Crippen molar-refractivity contribution in [3.05, 3.63) is 16.4 Å². The van der Waals surface area contributed by atoms with Gasteiger partial charge in [0.1, 0.15) is 0 Å². The predicted octanol–water partition coefficient (Wildman–Crippen LogP) is 3.37. The van der Waals surface area contributed by atoms with Gasteiger partial charge in [0.15, 0.2) is 0 Å². The molecule has 0 aliphatic heterocycles. The maximum Gasteiger partial charge on any atom is 0.0943 e. The molecule has 1 unspecified atom stereocenters. The van der Waals surface area contributed by atoms with Crippen molar-refractivity contribution in [1.29, 1.82) is 0 Å². The van der Waals surface area contributed by atoms with Crippen LogP contribution in [0.1, 0.15) is 57.8 Å². The lowest BCUT2D eigenvalue weighted by molar-refractivity contribution is -0.116. The molecule has 1 aromatic heterocycles. The summed E-state index contributed by atoms with van der Waals surface area (Å²) in [4.78, 5) is 0. The van der Waals surface area contributed by atoms with Crippen molar-refractivity contribution in [2.75, 3.05) is 6.61 Å². The van der Waals surface area contributed by atoms with E-state index in [9.17, 15) is 5.11 Å². The third kappa shape index (κ3) is 3.27. The molecule has 0 aromatic carbocycles. The molecule has 21 heavy (non-hydrogen) atoms. The number of ether oxygens (including phenoxy) is 1. The van der Waals surface area contributed by atoms with Gasteiger partial charge in [-0.15, -0.1) is 0 Å². The van der Waals surface area contributed by atoms with Crippen LogP contribution in [0.2, 0.25) is 5.02 Å². The molecule has 2 rings (SSSR count). The monoisotopic (exact) mass is 314 g/mol. The Morgan fingerprint density at radius 2 is 2.00 bits per heavy atom. The second-order valence-electron chi connectivity index (χ2n) is 5.80. The zero-order valence-corrected chi connectivity index (χ0v) is 14.1. The number of nitrogens with zero attached hydrogens (tertiary/aromatic N) is 2. The molecule has 0 amide bonds. The lowest BCUT2D eigenvalue weighted by Gasteiger charge is -2.34. The van der Waals surface area contributed by atoms with Gasteiger partial charge in [-0.25, -0.2) is 0 Å². The first kappa shape index (κ1) is 16.8.